The van der Waals surface area contributed by atoms with E-state index in [1.807, 2.05) is 37.2 Å². The number of aliphatic hydroxyl groups excluding tert-OH is 1. The van der Waals surface area contributed by atoms with Crippen molar-refractivity contribution in [1.29, 1.82) is 0 Å². The molecule has 0 amide bonds. The molecule has 0 aliphatic rings. The Bertz CT molecular complexity index is 1050. The number of benzene rings is 1. The zero-order valence-corrected chi connectivity index (χ0v) is 16.6. The SMILES string of the molecule is CN(C)Cc1nc(NCC(O)c2ccco2)c2c(-c3ccccc3)csc2n1. The van der Waals surface area contributed by atoms with Gasteiger partial charge in [0.1, 0.15) is 28.3 Å². The topological polar surface area (TPSA) is 74.4 Å². The van der Waals surface area contributed by atoms with Crippen molar-refractivity contribution in [3.8, 4) is 11.1 Å². The Kier molecular flexibility index (Phi) is 5.38. The first kappa shape index (κ1) is 18.6. The first-order valence-electron chi connectivity index (χ1n) is 9.05. The lowest BCUT2D eigenvalue weighted by Gasteiger charge is -2.14. The van der Waals surface area contributed by atoms with Crippen LogP contribution in [-0.4, -0.2) is 40.6 Å². The molecule has 0 radical (unpaired) electrons. The van der Waals surface area contributed by atoms with E-state index >= 15 is 0 Å². The molecule has 4 rings (SSSR count). The number of hydrogen-bond donors (Lipinski definition) is 2. The molecular formula is C21H22N4O2S. The summed E-state index contributed by atoms with van der Waals surface area (Å²) < 4.78 is 5.30. The summed E-state index contributed by atoms with van der Waals surface area (Å²) in [6, 6.07) is 13.7. The fourth-order valence-electron chi connectivity index (χ4n) is 3.07. The summed E-state index contributed by atoms with van der Waals surface area (Å²) in [5, 5.41) is 16.8. The van der Waals surface area contributed by atoms with Crippen molar-refractivity contribution in [3.63, 3.8) is 0 Å². The van der Waals surface area contributed by atoms with Crippen LogP contribution in [0.5, 0.6) is 0 Å². The van der Waals surface area contributed by atoms with Gasteiger partial charge in [-0.25, -0.2) is 9.97 Å². The molecule has 0 aliphatic carbocycles. The molecule has 0 spiro atoms. The van der Waals surface area contributed by atoms with Gasteiger partial charge in [0.05, 0.1) is 18.2 Å². The van der Waals surface area contributed by atoms with E-state index in [2.05, 4.69) is 22.8 Å². The lowest BCUT2D eigenvalue weighted by atomic mass is 10.1. The van der Waals surface area contributed by atoms with Crippen molar-refractivity contribution in [3.05, 3.63) is 65.7 Å². The van der Waals surface area contributed by atoms with E-state index in [1.54, 1.807) is 29.7 Å². The van der Waals surface area contributed by atoms with E-state index < -0.39 is 6.10 Å². The summed E-state index contributed by atoms with van der Waals surface area (Å²) in [6.07, 6.45) is 0.805. The van der Waals surface area contributed by atoms with Crippen molar-refractivity contribution in [2.45, 2.75) is 12.6 Å². The number of nitrogens with zero attached hydrogens (tertiary/aromatic N) is 3. The highest BCUT2D eigenvalue weighted by Gasteiger charge is 2.17. The van der Waals surface area contributed by atoms with E-state index in [9.17, 15) is 5.11 Å². The standard InChI is InChI=1S/C21H22N4O2S/c1-25(2)12-18-23-20(22-11-16(26)17-9-6-10-27-17)19-15(13-28-21(19)24-18)14-7-4-3-5-8-14/h3-10,13,16,26H,11-12H2,1-2H3,(H,22,23,24). The van der Waals surface area contributed by atoms with Crippen LogP contribution in [0.2, 0.25) is 0 Å². The largest absolute Gasteiger partial charge is 0.467 e. The van der Waals surface area contributed by atoms with Crippen LogP contribution < -0.4 is 5.32 Å². The summed E-state index contributed by atoms with van der Waals surface area (Å²) in [4.78, 5) is 12.5. The number of aliphatic hydroxyl groups is 1. The maximum absolute atomic E-state index is 10.4. The molecule has 1 unspecified atom stereocenters. The van der Waals surface area contributed by atoms with Crippen LogP contribution in [0.4, 0.5) is 5.82 Å². The molecule has 0 bridgehead atoms. The predicted octanol–water partition coefficient (Wildman–Crippen LogP) is 4.16. The van der Waals surface area contributed by atoms with Crippen molar-refractivity contribution < 1.29 is 9.52 Å². The Morgan fingerprint density at radius 2 is 1.96 bits per heavy atom. The van der Waals surface area contributed by atoms with Crippen molar-refractivity contribution >= 4 is 27.4 Å². The highest BCUT2D eigenvalue weighted by atomic mass is 32.1. The monoisotopic (exact) mass is 394 g/mol. The van der Waals surface area contributed by atoms with Gasteiger partial charge in [0, 0.05) is 17.5 Å². The summed E-state index contributed by atoms with van der Waals surface area (Å²) >= 11 is 1.61. The molecule has 1 aromatic carbocycles. The average molecular weight is 395 g/mol. The Morgan fingerprint density at radius 3 is 2.68 bits per heavy atom. The van der Waals surface area contributed by atoms with E-state index in [4.69, 9.17) is 14.4 Å². The minimum Gasteiger partial charge on any atom is -0.467 e. The van der Waals surface area contributed by atoms with Gasteiger partial charge in [0.25, 0.3) is 0 Å². The predicted molar refractivity (Wildman–Crippen MR) is 112 cm³/mol. The average Bonchev–Trinajstić information content (AvgIpc) is 3.36. The Hall–Kier alpha value is -2.74. The van der Waals surface area contributed by atoms with Gasteiger partial charge >= 0.3 is 0 Å². The summed E-state index contributed by atoms with van der Waals surface area (Å²) in [7, 11) is 3.98. The maximum atomic E-state index is 10.4. The summed E-state index contributed by atoms with van der Waals surface area (Å²) in [5.41, 5.74) is 2.21. The Balaban J connectivity index is 1.73. The van der Waals surface area contributed by atoms with Gasteiger partial charge in [-0.3, -0.25) is 0 Å². The number of nitrogens with one attached hydrogen (secondary N) is 1. The number of anilines is 1. The Labute approximate surface area is 167 Å². The minimum absolute atomic E-state index is 0.297. The molecule has 0 saturated heterocycles. The third-order valence-corrected chi connectivity index (χ3v) is 5.23. The quantitative estimate of drug-likeness (QED) is 0.490. The molecule has 0 saturated carbocycles. The van der Waals surface area contributed by atoms with E-state index in [-0.39, 0.29) is 0 Å². The van der Waals surface area contributed by atoms with Crippen molar-refractivity contribution in [1.82, 2.24) is 14.9 Å². The van der Waals surface area contributed by atoms with Crippen LogP contribution in [0.1, 0.15) is 17.7 Å². The molecule has 3 heterocycles. The van der Waals surface area contributed by atoms with Crippen molar-refractivity contribution in [2.24, 2.45) is 0 Å². The van der Waals surface area contributed by atoms with Gasteiger partial charge in [0.2, 0.25) is 0 Å². The van der Waals surface area contributed by atoms with E-state index in [0.29, 0.717) is 18.8 Å². The minimum atomic E-state index is -0.754. The molecule has 2 N–H and O–H groups in total. The molecule has 0 aliphatic heterocycles. The van der Waals surface area contributed by atoms with Crippen LogP contribution in [0.15, 0.2) is 58.5 Å². The highest BCUT2D eigenvalue weighted by Crippen LogP contribution is 2.37. The third-order valence-electron chi connectivity index (χ3n) is 4.36. The van der Waals surface area contributed by atoms with Gasteiger partial charge in [-0.1, -0.05) is 30.3 Å². The van der Waals surface area contributed by atoms with E-state index in [0.717, 1.165) is 33.0 Å². The lowest BCUT2D eigenvalue weighted by molar-refractivity contribution is 0.162. The normalized spacial score (nSPS) is 12.6. The number of rotatable bonds is 7. The lowest BCUT2D eigenvalue weighted by Crippen LogP contribution is -2.16. The Morgan fingerprint density at radius 1 is 1.14 bits per heavy atom. The second-order valence-corrected chi connectivity index (χ2v) is 7.69. The summed E-state index contributed by atoms with van der Waals surface area (Å²) in [6.45, 7) is 0.940. The molecular weight excluding hydrogens is 372 g/mol. The molecule has 4 aromatic rings. The number of fused-ring (bicyclic) bond motifs is 1. The highest BCUT2D eigenvalue weighted by molar-refractivity contribution is 7.17. The first-order chi connectivity index (χ1) is 13.6. The second kappa shape index (κ2) is 8.10. The van der Waals surface area contributed by atoms with E-state index in [1.165, 1.54) is 0 Å². The van der Waals surface area contributed by atoms with Crippen molar-refractivity contribution in [2.75, 3.05) is 26.0 Å². The maximum Gasteiger partial charge on any atom is 0.146 e. The molecule has 3 aromatic heterocycles. The fraction of sp³-hybridized carbons (Fsp3) is 0.238. The summed E-state index contributed by atoms with van der Waals surface area (Å²) in [5.74, 6) is 2.00. The van der Waals surface area contributed by atoms with Crippen LogP contribution >= 0.6 is 11.3 Å². The second-order valence-electron chi connectivity index (χ2n) is 6.83. The first-order valence-corrected chi connectivity index (χ1v) is 9.93. The third kappa shape index (κ3) is 3.91. The van der Waals surface area contributed by atoms with Crippen LogP contribution in [0.3, 0.4) is 0 Å². The van der Waals surface area contributed by atoms with Crippen LogP contribution in [0.25, 0.3) is 21.3 Å². The number of thiophene rings is 1. The molecule has 1 atom stereocenters. The van der Waals surface area contributed by atoms with Gasteiger partial charge in [0.15, 0.2) is 0 Å². The number of aromatic nitrogens is 2. The van der Waals surface area contributed by atoms with Crippen LogP contribution in [-0.2, 0) is 6.54 Å². The van der Waals surface area contributed by atoms with Gasteiger partial charge in [-0.05, 0) is 31.8 Å². The molecule has 144 valence electrons. The number of furan rings is 1. The van der Waals surface area contributed by atoms with Gasteiger partial charge < -0.3 is 19.7 Å². The van der Waals surface area contributed by atoms with Gasteiger partial charge in [-0.15, -0.1) is 11.3 Å². The van der Waals surface area contributed by atoms with Gasteiger partial charge in [-0.2, -0.15) is 0 Å². The zero-order valence-electron chi connectivity index (χ0n) is 15.8. The molecule has 6 nitrogen and oxygen atoms in total. The van der Waals surface area contributed by atoms with Crippen LogP contribution in [0, 0.1) is 0 Å². The molecule has 7 heteroatoms. The molecule has 0 fully saturated rings. The zero-order chi connectivity index (χ0) is 19.5. The number of hydrogen-bond acceptors (Lipinski definition) is 7. The molecule has 28 heavy (non-hydrogen) atoms. The smallest absolute Gasteiger partial charge is 0.146 e. The fourth-order valence-corrected chi connectivity index (χ4v) is 4.04.